The van der Waals surface area contributed by atoms with Gasteiger partial charge in [-0.1, -0.05) is 0 Å². The van der Waals surface area contributed by atoms with Gasteiger partial charge in [0.15, 0.2) is 0 Å². The summed E-state index contributed by atoms with van der Waals surface area (Å²) in [6, 6.07) is -1.18. The van der Waals surface area contributed by atoms with Crippen molar-refractivity contribution in [3.8, 4) is 0 Å². The second-order valence-electron chi connectivity index (χ2n) is 1.64. The maximum absolute atomic E-state index is 10.3. The molecule has 0 aromatic rings. The Kier molecular flexibility index (Phi) is 8.02. The van der Waals surface area contributed by atoms with Gasteiger partial charge in [-0.15, -0.1) is 0 Å². The molecule has 1 atom stereocenters. The number of carbonyl (C=O) groups excluding carboxylic acids is 1. The van der Waals surface area contributed by atoms with Crippen molar-refractivity contribution in [1.82, 2.24) is 0 Å². The fraction of sp³-hybridized carbons (Fsp3) is 0.500. The van der Waals surface area contributed by atoms with Crippen LogP contribution in [-0.2, 0) is 14.4 Å². The van der Waals surface area contributed by atoms with Gasteiger partial charge in [0.05, 0.1) is 6.42 Å². The third-order valence-electron chi connectivity index (χ3n) is 0.813. The number of hydrogen-bond donors (Lipinski definition) is 3. The van der Waals surface area contributed by atoms with E-state index in [0.29, 0.717) is 0 Å². The zero-order chi connectivity index (χ0) is 8.15. The average Bonchev–Trinajstić information content (AvgIpc) is 1.85. The van der Waals surface area contributed by atoms with Gasteiger partial charge in [-0.3, -0.25) is 4.79 Å². The third kappa shape index (κ3) is 6.27. The molecule has 7 heteroatoms. The maximum atomic E-state index is 10.3. The van der Waals surface area contributed by atoms with E-state index in [-0.39, 0.29) is 29.6 Å². The van der Waals surface area contributed by atoms with Crippen LogP contribution in [0.4, 0.5) is 0 Å². The summed E-state index contributed by atoms with van der Waals surface area (Å²) in [6.07, 6.45) is -0.476. The molecule has 6 nitrogen and oxygen atoms in total. The van der Waals surface area contributed by atoms with Crippen LogP contribution in [0.25, 0.3) is 0 Å². The van der Waals surface area contributed by atoms with Gasteiger partial charge in [0.25, 0.3) is 0 Å². The summed E-state index contributed by atoms with van der Waals surface area (Å²) < 4.78 is 0. The molecule has 0 heterocycles. The van der Waals surface area contributed by atoms with Crippen LogP contribution < -0.4 is 11.6 Å². The van der Waals surface area contributed by atoms with Crippen molar-refractivity contribution in [3.63, 3.8) is 0 Å². The molecule has 0 aliphatic heterocycles. The molecule has 0 amide bonds. The van der Waals surface area contributed by atoms with Crippen molar-refractivity contribution in [2.24, 2.45) is 11.6 Å². The van der Waals surface area contributed by atoms with Gasteiger partial charge < -0.3 is 15.7 Å². The number of hydrogen-bond acceptors (Lipinski definition) is 5. The molecular weight excluding hydrogens is 163 g/mol. The van der Waals surface area contributed by atoms with E-state index in [0.717, 1.165) is 0 Å². The van der Waals surface area contributed by atoms with Crippen molar-refractivity contribution >= 4 is 41.5 Å². The van der Waals surface area contributed by atoms with E-state index in [1.54, 1.807) is 0 Å². The first-order chi connectivity index (χ1) is 4.57. The Hall–Kier alpha value is -0.140. The van der Waals surface area contributed by atoms with E-state index in [9.17, 15) is 9.59 Å². The van der Waals surface area contributed by atoms with Gasteiger partial charge in [-0.25, -0.2) is 4.79 Å². The van der Waals surface area contributed by atoms with Gasteiger partial charge in [-0.2, -0.15) is 5.90 Å². The van der Waals surface area contributed by atoms with E-state index in [1.165, 1.54) is 0 Å². The molecule has 0 saturated carbocycles. The average molecular weight is 172 g/mol. The topological polar surface area (TPSA) is 116 Å². The monoisotopic (exact) mass is 172 g/mol. The summed E-state index contributed by atoms with van der Waals surface area (Å²) in [6.45, 7) is 0. The van der Waals surface area contributed by atoms with E-state index in [4.69, 9.17) is 10.8 Å². The number of rotatable bonds is 3. The van der Waals surface area contributed by atoms with Crippen LogP contribution in [-0.4, -0.2) is 52.6 Å². The van der Waals surface area contributed by atoms with E-state index < -0.39 is 24.4 Å². The summed E-state index contributed by atoms with van der Waals surface area (Å²) in [5, 5.41) is 8.10. The van der Waals surface area contributed by atoms with Crippen LogP contribution in [0.5, 0.6) is 0 Å². The van der Waals surface area contributed by atoms with Crippen molar-refractivity contribution < 1.29 is 19.5 Å². The Bertz CT molecular complexity index is 151. The van der Waals surface area contributed by atoms with Crippen LogP contribution in [0.2, 0.25) is 0 Å². The first-order valence-electron chi connectivity index (χ1n) is 2.46. The minimum absolute atomic E-state index is 0. The van der Waals surface area contributed by atoms with Gasteiger partial charge >= 0.3 is 41.5 Å². The van der Waals surface area contributed by atoms with Crippen LogP contribution in [0.1, 0.15) is 6.42 Å². The second-order valence-corrected chi connectivity index (χ2v) is 1.64. The van der Waals surface area contributed by atoms with Crippen LogP contribution in [0, 0.1) is 0 Å². The molecule has 60 valence electrons. The van der Waals surface area contributed by atoms with Crippen LogP contribution in [0.3, 0.4) is 0 Å². The number of carboxylic acid groups (broad SMARTS) is 1. The molecule has 5 N–H and O–H groups in total. The number of aliphatic carboxylic acids is 1. The Morgan fingerprint density at radius 3 is 2.27 bits per heavy atom. The molecule has 0 saturated heterocycles. The van der Waals surface area contributed by atoms with Gasteiger partial charge in [0.2, 0.25) is 0 Å². The molecule has 0 aliphatic carbocycles. The fourth-order valence-corrected chi connectivity index (χ4v) is 0.359. The number of nitrogens with two attached hydrogens (primary N) is 2. The molecule has 0 aromatic carbocycles. The van der Waals surface area contributed by atoms with Gasteiger partial charge in [-0.05, 0) is 0 Å². The Morgan fingerprint density at radius 2 is 2.00 bits per heavy atom. The standard InChI is InChI=1S/C4H8N2O4.Na.H/c5-2(1-3(7)8)4(9)10-6;;/h2H,1,5-6H2,(H,7,8);;/t2-;;/m0../s1. The predicted octanol–water partition coefficient (Wildman–Crippen LogP) is -2.44. The summed E-state index contributed by atoms with van der Waals surface area (Å²) in [5.74, 6) is 2.33. The summed E-state index contributed by atoms with van der Waals surface area (Å²) in [5.41, 5.74) is 4.99. The molecule has 0 fully saturated rings. The zero-order valence-electron chi connectivity index (χ0n) is 5.11. The van der Waals surface area contributed by atoms with Crippen molar-refractivity contribution in [1.29, 1.82) is 0 Å². The van der Waals surface area contributed by atoms with Crippen molar-refractivity contribution in [3.05, 3.63) is 0 Å². The SMILES string of the molecule is NOC(=O)[C@@H](N)CC(=O)O.[NaH]. The molecule has 0 aromatic heterocycles. The van der Waals surface area contributed by atoms with E-state index >= 15 is 0 Å². The normalized spacial score (nSPS) is 11.1. The molecule has 0 aliphatic rings. The Labute approximate surface area is 85.1 Å². The minimum atomic E-state index is -1.18. The summed E-state index contributed by atoms with van der Waals surface area (Å²) in [7, 11) is 0. The first kappa shape index (κ1) is 13.4. The summed E-state index contributed by atoms with van der Waals surface area (Å²) >= 11 is 0. The zero-order valence-corrected chi connectivity index (χ0v) is 5.11. The molecular formula is C4H9N2NaO4. The Balaban J connectivity index is 0. The predicted molar refractivity (Wildman–Crippen MR) is 37.7 cm³/mol. The van der Waals surface area contributed by atoms with Crippen LogP contribution in [0.15, 0.2) is 0 Å². The van der Waals surface area contributed by atoms with Crippen molar-refractivity contribution in [2.75, 3.05) is 0 Å². The molecule has 0 unspecified atom stereocenters. The first-order valence-corrected chi connectivity index (χ1v) is 2.46. The Morgan fingerprint density at radius 1 is 1.55 bits per heavy atom. The quantitative estimate of drug-likeness (QED) is 0.321. The molecule has 0 bridgehead atoms. The third-order valence-corrected chi connectivity index (χ3v) is 0.813. The van der Waals surface area contributed by atoms with Gasteiger partial charge in [0, 0.05) is 0 Å². The van der Waals surface area contributed by atoms with Crippen molar-refractivity contribution in [2.45, 2.75) is 12.5 Å². The molecule has 0 rings (SSSR count). The van der Waals surface area contributed by atoms with Crippen LogP contribution >= 0.6 is 0 Å². The number of carbonyl (C=O) groups is 2. The summed E-state index contributed by atoms with van der Waals surface area (Å²) in [4.78, 5) is 23.9. The second kappa shape index (κ2) is 6.56. The van der Waals surface area contributed by atoms with Gasteiger partial charge in [0.1, 0.15) is 6.04 Å². The fourth-order valence-electron chi connectivity index (χ4n) is 0.359. The van der Waals surface area contributed by atoms with E-state index in [1.807, 2.05) is 0 Å². The number of carboxylic acids is 1. The van der Waals surface area contributed by atoms with E-state index in [2.05, 4.69) is 10.7 Å². The molecule has 11 heavy (non-hydrogen) atoms. The molecule has 0 radical (unpaired) electrons. The molecule has 0 spiro atoms.